The topological polar surface area (TPSA) is 83.5 Å². The summed E-state index contributed by atoms with van der Waals surface area (Å²) in [7, 11) is 1.52. The van der Waals surface area contributed by atoms with E-state index in [0.29, 0.717) is 29.2 Å². The monoisotopic (exact) mass is 363 g/mol. The van der Waals surface area contributed by atoms with Gasteiger partial charge in [0, 0.05) is 23.5 Å². The number of anilines is 1. The molecule has 27 heavy (non-hydrogen) atoms. The Hall–Kier alpha value is -3.28. The van der Waals surface area contributed by atoms with Crippen molar-refractivity contribution >= 4 is 22.6 Å². The van der Waals surface area contributed by atoms with Gasteiger partial charge in [-0.3, -0.25) is 4.79 Å². The number of nitrogens with one attached hydrogen (secondary N) is 2. The molecule has 6 nitrogen and oxygen atoms in total. The lowest BCUT2D eigenvalue weighted by atomic mass is 10.1. The van der Waals surface area contributed by atoms with Crippen LogP contribution in [0.25, 0.3) is 10.9 Å². The van der Waals surface area contributed by atoms with Crippen molar-refractivity contribution in [1.29, 1.82) is 0 Å². The van der Waals surface area contributed by atoms with E-state index in [1.165, 1.54) is 7.11 Å². The van der Waals surface area contributed by atoms with Gasteiger partial charge < -0.3 is 20.5 Å². The average Bonchev–Trinajstić information content (AvgIpc) is 3.50. The summed E-state index contributed by atoms with van der Waals surface area (Å²) in [5.41, 5.74) is 2.04. The highest BCUT2D eigenvalue weighted by Crippen LogP contribution is 2.30. The first kappa shape index (κ1) is 17.1. The number of phenolic OH excluding ortho intramolecular Hbond substituents is 1. The van der Waals surface area contributed by atoms with Crippen LogP contribution in [0.4, 0.5) is 5.82 Å². The highest BCUT2D eigenvalue weighted by atomic mass is 16.5. The van der Waals surface area contributed by atoms with E-state index in [1.54, 1.807) is 12.1 Å². The number of phenols is 1. The normalized spacial score (nSPS) is 13.4. The second-order valence-electron chi connectivity index (χ2n) is 6.64. The molecular formula is C21H21N3O3. The summed E-state index contributed by atoms with van der Waals surface area (Å²) in [5, 5.41) is 17.3. The van der Waals surface area contributed by atoms with E-state index in [-0.39, 0.29) is 17.7 Å². The zero-order chi connectivity index (χ0) is 18.8. The summed E-state index contributed by atoms with van der Waals surface area (Å²) in [5.74, 6) is 1.02. The molecule has 1 amide bonds. The Kier molecular flexibility index (Phi) is 4.54. The van der Waals surface area contributed by atoms with Gasteiger partial charge in [0.25, 0.3) is 5.91 Å². The van der Waals surface area contributed by atoms with Gasteiger partial charge in [0.15, 0.2) is 11.5 Å². The lowest BCUT2D eigenvalue weighted by molar-refractivity contribution is 0.0952. The van der Waals surface area contributed by atoms with Gasteiger partial charge in [0.1, 0.15) is 5.82 Å². The van der Waals surface area contributed by atoms with Gasteiger partial charge in [-0.05, 0) is 31.0 Å². The highest BCUT2D eigenvalue weighted by Gasteiger charge is 2.25. The smallest absolute Gasteiger partial charge is 0.252 e. The third-order valence-corrected chi connectivity index (χ3v) is 4.64. The Balaban J connectivity index is 1.63. The van der Waals surface area contributed by atoms with Gasteiger partial charge in [0.2, 0.25) is 0 Å². The van der Waals surface area contributed by atoms with Crippen molar-refractivity contribution in [2.75, 3.05) is 12.4 Å². The lowest BCUT2D eigenvalue weighted by Gasteiger charge is -2.13. The number of rotatable bonds is 6. The molecule has 1 fully saturated rings. The van der Waals surface area contributed by atoms with Crippen molar-refractivity contribution in [1.82, 2.24) is 10.3 Å². The molecule has 0 saturated heterocycles. The predicted molar refractivity (Wildman–Crippen MR) is 104 cm³/mol. The molecule has 4 rings (SSSR count). The van der Waals surface area contributed by atoms with Crippen LogP contribution >= 0.6 is 0 Å². The number of methoxy groups -OCH3 is 1. The van der Waals surface area contributed by atoms with Crippen molar-refractivity contribution < 1.29 is 14.6 Å². The van der Waals surface area contributed by atoms with Crippen LogP contribution in [-0.4, -0.2) is 29.1 Å². The number of carbonyl (C=O) groups is 1. The fourth-order valence-corrected chi connectivity index (χ4v) is 3.01. The molecule has 0 spiro atoms. The number of para-hydroxylation sites is 2. The zero-order valence-electron chi connectivity index (χ0n) is 15.0. The molecule has 1 aliphatic rings. The predicted octanol–water partition coefficient (Wildman–Crippen LogP) is 3.45. The molecule has 2 aromatic carbocycles. The molecule has 0 unspecified atom stereocenters. The van der Waals surface area contributed by atoms with Crippen LogP contribution in [0.5, 0.6) is 11.5 Å². The minimum Gasteiger partial charge on any atom is -0.504 e. The van der Waals surface area contributed by atoms with E-state index in [1.807, 2.05) is 36.4 Å². The summed E-state index contributed by atoms with van der Waals surface area (Å²) in [6.07, 6.45) is 2.07. The van der Waals surface area contributed by atoms with Crippen LogP contribution in [0.3, 0.4) is 0 Å². The number of hydrogen-bond acceptors (Lipinski definition) is 5. The van der Waals surface area contributed by atoms with Gasteiger partial charge in [-0.2, -0.15) is 0 Å². The van der Waals surface area contributed by atoms with Gasteiger partial charge in [-0.15, -0.1) is 0 Å². The fraction of sp³-hybridized carbons (Fsp3) is 0.238. The number of amides is 1. The molecule has 1 saturated carbocycles. The molecular weight excluding hydrogens is 342 g/mol. The molecule has 0 aliphatic heterocycles. The SMILES string of the molecule is COc1cccc(CNc2cc(C(=O)NC3CC3)c3ccccc3n2)c1O. The van der Waals surface area contributed by atoms with Gasteiger partial charge >= 0.3 is 0 Å². The number of pyridine rings is 1. The molecule has 1 aromatic heterocycles. The Bertz CT molecular complexity index is 999. The summed E-state index contributed by atoms with van der Waals surface area (Å²) in [6.45, 7) is 0.359. The second-order valence-corrected chi connectivity index (χ2v) is 6.64. The Morgan fingerprint density at radius 1 is 1.22 bits per heavy atom. The number of aromatic hydroxyl groups is 1. The number of hydrogen-bond donors (Lipinski definition) is 3. The first-order chi connectivity index (χ1) is 13.2. The molecule has 3 aromatic rings. The number of carbonyl (C=O) groups excluding carboxylic acids is 1. The van der Waals surface area contributed by atoms with E-state index in [4.69, 9.17) is 4.74 Å². The van der Waals surface area contributed by atoms with E-state index in [0.717, 1.165) is 23.7 Å². The fourth-order valence-electron chi connectivity index (χ4n) is 3.01. The maximum atomic E-state index is 12.6. The van der Waals surface area contributed by atoms with Crippen molar-refractivity contribution in [2.24, 2.45) is 0 Å². The molecule has 6 heteroatoms. The largest absolute Gasteiger partial charge is 0.504 e. The van der Waals surface area contributed by atoms with E-state index in [9.17, 15) is 9.90 Å². The van der Waals surface area contributed by atoms with Crippen LogP contribution in [-0.2, 0) is 6.54 Å². The van der Waals surface area contributed by atoms with E-state index in [2.05, 4.69) is 15.6 Å². The summed E-state index contributed by atoms with van der Waals surface area (Å²) in [6, 6.07) is 15.0. The van der Waals surface area contributed by atoms with Gasteiger partial charge in [-0.1, -0.05) is 30.3 Å². The molecule has 138 valence electrons. The van der Waals surface area contributed by atoms with Crippen molar-refractivity contribution in [3.63, 3.8) is 0 Å². The van der Waals surface area contributed by atoms with Crippen molar-refractivity contribution in [3.05, 3.63) is 59.7 Å². The maximum absolute atomic E-state index is 12.6. The molecule has 1 heterocycles. The Morgan fingerprint density at radius 3 is 2.81 bits per heavy atom. The molecule has 0 radical (unpaired) electrons. The Labute approximate surface area is 157 Å². The summed E-state index contributed by atoms with van der Waals surface area (Å²) >= 11 is 0. The van der Waals surface area contributed by atoms with Crippen LogP contribution < -0.4 is 15.4 Å². The second kappa shape index (κ2) is 7.15. The Morgan fingerprint density at radius 2 is 2.04 bits per heavy atom. The highest BCUT2D eigenvalue weighted by molar-refractivity contribution is 6.07. The molecule has 0 atom stereocenters. The molecule has 0 bridgehead atoms. The number of nitrogens with zero attached hydrogens (tertiary/aromatic N) is 1. The third-order valence-electron chi connectivity index (χ3n) is 4.64. The number of benzene rings is 2. The first-order valence-corrected chi connectivity index (χ1v) is 8.95. The summed E-state index contributed by atoms with van der Waals surface area (Å²) in [4.78, 5) is 17.2. The standard InChI is InChI=1S/C21H21N3O3/c1-27-18-8-4-5-13(20(18)25)12-22-19-11-16(21(26)23-14-9-10-14)15-6-2-3-7-17(15)24-19/h2-8,11,14,25H,9-10,12H2,1H3,(H,22,24)(H,23,26). The molecule has 3 N–H and O–H groups in total. The van der Waals surface area contributed by atoms with Crippen LogP contribution in [0.1, 0.15) is 28.8 Å². The maximum Gasteiger partial charge on any atom is 0.252 e. The quantitative estimate of drug-likeness (QED) is 0.625. The zero-order valence-corrected chi connectivity index (χ0v) is 15.0. The molecule has 1 aliphatic carbocycles. The minimum absolute atomic E-state index is 0.0802. The lowest BCUT2D eigenvalue weighted by Crippen LogP contribution is -2.25. The van der Waals surface area contributed by atoms with Crippen LogP contribution in [0.2, 0.25) is 0 Å². The summed E-state index contributed by atoms with van der Waals surface area (Å²) < 4.78 is 5.14. The van der Waals surface area contributed by atoms with E-state index < -0.39 is 0 Å². The van der Waals surface area contributed by atoms with Crippen molar-refractivity contribution in [2.45, 2.75) is 25.4 Å². The van der Waals surface area contributed by atoms with Crippen LogP contribution in [0.15, 0.2) is 48.5 Å². The van der Waals surface area contributed by atoms with Crippen molar-refractivity contribution in [3.8, 4) is 11.5 Å². The number of aromatic nitrogens is 1. The van der Waals surface area contributed by atoms with E-state index >= 15 is 0 Å². The third kappa shape index (κ3) is 3.65. The first-order valence-electron chi connectivity index (χ1n) is 8.95. The van der Waals surface area contributed by atoms with Gasteiger partial charge in [0.05, 0.1) is 18.2 Å². The number of fused-ring (bicyclic) bond motifs is 1. The average molecular weight is 363 g/mol. The minimum atomic E-state index is -0.0802. The number of ether oxygens (including phenoxy) is 1. The van der Waals surface area contributed by atoms with Gasteiger partial charge in [-0.25, -0.2) is 4.98 Å². The van der Waals surface area contributed by atoms with Crippen LogP contribution in [0, 0.1) is 0 Å².